The van der Waals surface area contributed by atoms with Crippen molar-refractivity contribution in [3.05, 3.63) is 35.4 Å². The lowest BCUT2D eigenvalue weighted by Gasteiger charge is -2.34. The number of benzene rings is 1. The highest BCUT2D eigenvalue weighted by Crippen LogP contribution is 2.19. The molecule has 0 aromatic heterocycles. The summed E-state index contributed by atoms with van der Waals surface area (Å²) >= 11 is 0. The number of hydrogen-bond donors (Lipinski definition) is 1. The molecule has 0 spiro atoms. The van der Waals surface area contributed by atoms with Gasteiger partial charge in [0.05, 0.1) is 25.4 Å². The van der Waals surface area contributed by atoms with Gasteiger partial charge in [-0.05, 0) is 50.2 Å². The summed E-state index contributed by atoms with van der Waals surface area (Å²) in [5.74, 6) is 1.25. The molecule has 32 heavy (non-hydrogen) atoms. The van der Waals surface area contributed by atoms with E-state index in [1.807, 2.05) is 4.90 Å². The summed E-state index contributed by atoms with van der Waals surface area (Å²) in [5.41, 5.74) is 2.36. The molecule has 7 heteroatoms. The molecule has 1 aromatic rings. The second kappa shape index (κ2) is 11.7. The standard InChI is InChI=1S/C25H38N4O3/c1-2-26-25(28-13-10-22(11-14-28)32-19-23-8-5-15-31-23)27-17-20-6-3-7-21(16-20)18-29-12-4-9-24(29)30/h3,6-7,16,22-23H,2,4-5,8-15,17-19H2,1H3,(H,26,27). The number of carbonyl (C=O) groups is 1. The molecule has 4 rings (SSSR count). The van der Waals surface area contributed by atoms with E-state index in [2.05, 4.69) is 41.4 Å². The normalized spacial score (nSPS) is 22.7. The second-order valence-corrected chi connectivity index (χ2v) is 9.06. The maximum Gasteiger partial charge on any atom is 0.222 e. The molecular weight excluding hydrogens is 404 g/mol. The third-order valence-corrected chi connectivity index (χ3v) is 6.57. The molecule has 7 nitrogen and oxygen atoms in total. The molecule has 3 heterocycles. The molecule has 3 saturated heterocycles. The average Bonchev–Trinajstić information content (AvgIpc) is 3.48. The van der Waals surface area contributed by atoms with Gasteiger partial charge in [0, 0.05) is 45.8 Å². The van der Waals surface area contributed by atoms with Crippen LogP contribution in [0, 0.1) is 0 Å². The zero-order chi connectivity index (χ0) is 22.2. The van der Waals surface area contributed by atoms with Crippen LogP contribution in [0.3, 0.4) is 0 Å². The van der Waals surface area contributed by atoms with Gasteiger partial charge in [-0.25, -0.2) is 4.99 Å². The number of carbonyl (C=O) groups excluding carboxylic acids is 1. The Balaban J connectivity index is 1.28. The predicted octanol–water partition coefficient (Wildman–Crippen LogP) is 2.93. The van der Waals surface area contributed by atoms with E-state index in [1.54, 1.807) is 0 Å². The monoisotopic (exact) mass is 442 g/mol. The smallest absolute Gasteiger partial charge is 0.222 e. The topological polar surface area (TPSA) is 66.4 Å². The summed E-state index contributed by atoms with van der Waals surface area (Å²) < 4.78 is 11.8. The van der Waals surface area contributed by atoms with Crippen LogP contribution in [0.2, 0.25) is 0 Å². The van der Waals surface area contributed by atoms with Crippen LogP contribution >= 0.6 is 0 Å². The van der Waals surface area contributed by atoms with Crippen LogP contribution in [0.5, 0.6) is 0 Å². The van der Waals surface area contributed by atoms with Crippen LogP contribution < -0.4 is 5.32 Å². The van der Waals surface area contributed by atoms with E-state index in [0.29, 0.717) is 31.7 Å². The van der Waals surface area contributed by atoms with Crippen molar-refractivity contribution in [2.75, 3.05) is 39.4 Å². The fraction of sp³-hybridized carbons (Fsp3) is 0.680. The van der Waals surface area contributed by atoms with Crippen LogP contribution in [-0.2, 0) is 27.4 Å². The Morgan fingerprint density at radius 2 is 2.03 bits per heavy atom. The van der Waals surface area contributed by atoms with Crippen LogP contribution in [0.15, 0.2) is 29.3 Å². The summed E-state index contributed by atoms with van der Waals surface area (Å²) in [6, 6.07) is 8.48. The number of likely N-dealkylation sites (tertiary alicyclic amines) is 2. The lowest BCUT2D eigenvalue weighted by atomic mass is 10.1. The van der Waals surface area contributed by atoms with E-state index < -0.39 is 0 Å². The molecule has 0 bridgehead atoms. The van der Waals surface area contributed by atoms with Crippen LogP contribution in [0.25, 0.3) is 0 Å². The van der Waals surface area contributed by atoms with Gasteiger partial charge in [0.2, 0.25) is 5.91 Å². The highest BCUT2D eigenvalue weighted by Gasteiger charge is 2.24. The lowest BCUT2D eigenvalue weighted by molar-refractivity contribution is -0.128. The lowest BCUT2D eigenvalue weighted by Crippen LogP contribution is -2.47. The average molecular weight is 443 g/mol. The zero-order valence-electron chi connectivity index (χ0n) is 19.4. The highest BCUT2D eigenvalue weighted by atomic mass is 16.5. The first kappa shape index (κ1) is 23.1. The van der Waals surface area contributed by atoms with Crippen molar-refractivity contribution in [3.8, 4) is 0 Å². The molecule has 0 aliphatic carbocycles. The van der Waals surface area contributed by atoms with Gasteiger partial charge in [-0.1, -0.05) is 24.3 Å². The number of nitrogens with one attached hydrogen (secondary N) is 1. The van der Waals surface area contributed by atoms with Gasteiger partial charge >= 0.3 is 0 Å². The molecule has 176 valence electrons. The Hall–Kier alpha value is -2.12. The first-order valence-corrected chi connectivity index (χ1v) is 12.3. The number of aliphatic imine (C=N–C) groups is 1. The van der Waals surface area contributed by atoms with E-state index in [1.165, 1.54) is 11.1 Å². The van der Waals surface area contributed by atoms with Crippen molar-refractivity contribution >= 4 is 11.9 Å². The third-order valence-electron chi connectivity index (χ3n) is 6.57. The number of amides is 1. The highest BCUT2D eigenvalue weighted by molar-refractivity contribution is 5.80. The number of ether oxygens (including phenoxy) is 2. The van der Waals surface area contributed by atoms with Crippen LogP contribution in [0.4, 0.5) is 0 Å². The first-order valence-electron chi connectivity index (χ1n) is 12.3. The molecule has 1 N–H and O–H groups in total. The Kier molecular flexibility index (Phi) is 8.40. The number of rotatable bonds is 8. The van der Waals surface area contributed by atoms with E-state index in [-0.39, 0.29) is 5.91 Å². The summed E-state index contributed by atoms with van der Waals surface area (Å²) in [7, 11) is 0. The number of piperidine rings is 1. The van der Waals surface area contributed by atoms with Gasteiger partial charge in [0.15, 0.2) is 5.96 Å². The Morgan fingerprint density at radius 1 is 1.19 bits per heavy atom. The summed E-state index contributed by atoms with van der Waals surface area (Å²) in [4.78, 5) is 21.2. The van der Waals surface area contributed by atoms with Gasteiger partial charge < -0.3 is 24.6 Å². The molecule has 1 atom stereocenters. The van der Waals surface area contributed by atoms with Crippen molar-refractivity contribution < 1.29 is 14.3 Å². The number of guanidine groups is 1. The van der Waals surface area contributed by atoms with E-state index in [0.717, 1.165) is 77.5 Å². The Morgan fingerprint density at radius 3 is 2.75 bits per heavy atom. The molecule has 3 aliphatic heterocycles. The van der Waals surface area contributed by atoms with Gasteiger partial charge in [0.25, 0.3) is 0 Å². The minimum Gasteiger partial charge on any atom is -0.376 e. The maximum atomic E-state index is 11.9. The number of hydrogen-bond acceptors (Lipinski definition) is 4. The quantitative estimate of drug-likeness (QED) is 0.495. The van der Waals surface area contributed by atoms with Gasteiger partial charge in [-0.2, -0.15) is 0 Å². The van der Waals surface area contributed by atoms with Gasteiger partial charge in [-0.15, -0.1) is 0 Å². The number of nitrogens with zero attached hydrogens (tertiary/aromatic N) is 3. The van der Waals surface area contributed by atoms with Crippen LogP contribution in [0.1, 0.15) is 56.6 Å². The summed E-state index contributed by atoms with van der Waals surface area (Å²) in [6.45, 7) is 8.71. The van der Waals surface area contributed by atoms with Crippen molar-refractivity contribution in [1.82, 2.24) is 15.1 Å². The fourth-order valence-electron chi connectivity index (χ4n) is 4.76. The zero-order valence-corrected chi connectivity index (χ0v) is 19.4. The molecule has 3 aliphatic rings. The molecule has 3 fully saturated rings. The minimum absolute atomic E-state index is 0.269. The van der Waals surface area contributed by atoms with Gasteiger partial charge in [-0.3, -0.25) is 4.79 Å². The maximum absolute atomic E-state index is 11.9. The first-order chi connectivity index (χ1) is 15.7. The SMILES string of the molecule is CCNC(=NCc1cccc(CN2CCCC2=O)c1)N1CCC(OCC2CCCO2)CC1. The second-order valence-electron chi connectivity index (χ2n) is 9.06. The van der Waals surface area contributed by atoms with Crippen LogP contribution in [-0.4, -0.2) is 73.3 Å². The predicted molar refractivity (Wildman–Crippen MR) is 125 cm³/mol. The molecule has 0 radical (unpaired) electrons. The van der Waals surface area contributed by atoms with Crippen molar-refractivity contribution in [2.24, 2.45) is 4.99 Å². The fourth-order valence-corrected chi connectivity index (χ4v) is 4.76. The minimum atomic E-state index is 0.269. The largest absolute Gasteiger partial charge is 0.376 e. The Labute approximate surface area is 192 Å². The molecule has 1 unspecified atom stereocenters. The summed E-state index contributed by atoms with van der Waals surface area (Å²) in [6.07, 6.45) is 6.62. The van der Waals surface area contributed by atoms with E-state index in [9.17, 15) is 4.79 Å². The van der Waals surface area contributed by atoms with Crippen molar-refractivity contribution in [2.45, 2.75) is 70.7 Å². The third kappa shape index (κ3) is 6.45. The molecule has 1 aromatic carbocycles. The van der Waals surface area contributed by atoms with E-state index >= 15 is 0 Å². The summed E-state index contributed by atoms with van der Waals surface area (Å²) in [5, 5.41) is 3.46. The molecule has 1 amide bonds. The molecule has 0 saturated carbocycles. The van der Waals surface area contributed by atoms with Gasteiger partial charge in [0.1, 0.15) is 0 Å². The molecular formula is C25H38N4O3. The Bertz CT molecular complexity index is 770. The van der Waals surface area contributed by atoms with E-state index in [4.69, 9.17) is 14.5 Å². The van der Waals surface area contributed by atoms with Crippen molar-refractivity contribution in [1.29, 1.82) is 0 Å². The van der Waals surface area contributed by atoms with Crippen molar-refractivity contribution in [3.63, 3.8) is 0 Å².